The molecule has 0 bridgehead atoms. The third-order valence-corrected chi connectivity index (χ3v) is 5.41. The lowest BCUT2D eigenvalue weighted by Gasteiger charge is -2.34. The zero-order chi connectivity index (χ0) is 19.4. The van der Waals surface area contributed by atoms with E-state index in [4.69, 9.17) is 0 Å². The van der Waals surface area contributed by atoms with Crippen molar-refractivity contribution in [1.82, 2.24) is 10.2 Å². The highest BCUT2D eigenvalue weighted by atomic mass is 16.1. The van der Waals surface area contributed by atoms with E-state index in [-0.39, 0.29) is 5.91 Å². The molecule has 3 rings (SSSR count). The molecule has 0 radical (unpaired) electrons. The van der Waals surface area contributed by atoms with Crippen molar-refractivity contribution in [3.05, 3.63) is 64.2 Å². The topological polar surface area (TPSA) is 35.6 Å². The molecular formula is C23H31N3O. The van der Waals surface area contributed by atoms with Crippen LogP contribution in [0.5, 0.6) is 0 Å². The average molecular weight is 366 g/mol. The fraction of sp³-hybridized carbons (Fsp3) is 0.435. The van der Waals surface area contributed by atoms with Gasteiger partial charge in [0.15, 0.2) is 0 Å². The van der Waals surface area contributed by atoms with E-state index in [9.17, 15) is 4.79 Å². The second kappa shape index (κ2) is 8.57. The Morgan fingerprint density at radius 1 is 0.963 bits per heavy atom. The molecule has 0 saturated carbocycles. The van der Waals surface area contributed by atoms with Gasteiger partial charge in [-0.05, 0) is 63.1 Å². The first-order valence-corrected chi connectivity index (χ1v) is 9.82. The molecule has 27 heavy (non-hydrogen) atoms. The first-order valence-electron chi connectivity index (χ1n) is 9.82. The number of piperazine rings is 1. The zero-order valence-corrected chi connectivity index (χ0v) is 17.0. The lowest BCUT2D eigenvalue weighted by atomic mass is 9.99. The number of aryl methyl sites for hydroxylation is 3. The standard InChI is InChI=1S/C23H31N3O/c1-17-15-18(2)22(19(3)16-17)23(27)24-10-9-20-5-7-21(8-6-20)26-13-11-25(4)12-14-26/h5-8,15-16H,9-14H2,1-4H3,(H,24,27). The van der Waals surface area contributed by atoms with Crippen molar-refractivity contribution >= 4 is 11.6 Å². The van der Waals surface area contributed by atoms with E-state index in [1.165, 1.54) is 16.8 Å². The third-order valence-electron chi connectivity index (χ3n) is 5.41. The maximum atomic E-state index is 12.6. The number of hydrogen-bond donors (Lipinski definition) is 1. The van der Waals surface area contributed by atoms with Crippen molar-refractivity contribution in [3.63, 3.8) is 0 Å². The van der Waals surface area contributed by atoms with Crippen LogP contribution in [0.15, 0.2) is 36.4 Å². The number of hydrogen-bond acceptors (Lipinski definition) is 3. The highest BCUT2D eigenvalue weighted by Gasteiger charge is 2.14. The lowest BCUT2D eigenvalue weighted by Crippen LogP contribution is -2.44. The molecule has 144 valence electrons. The Bertz CT molecular complexity index is 767. The number of carbonyl (C=O) groups is 1. The van der Waals surface area contributed by atoms with Gasteiger partial charge in [0.2, 0.25) is 0 Å². The Kier molecular flexibility index (Phi) is 6.17. The van der Waals surface area contributed by atoms with Crippen LogP contribution < -0.4 is 10.2 Å². The van der Waals surface area contributed by atoms with Crippen LogP contribution >= 0.6 is 0 Å². The quantitative estimate of drug-likeness (QED) is 0.883. The maximum Gasteiger partial charge on any atom is 0.251 e. The molecule has 0 aromatic heterocycles. The Balaban J connectivity index is 1.53. The summed E-state index contributed by atoms with van der Waals surface area (Å²) in [6.07, 6.45) is 0.846. The summed E-state index contributed by atoms with van der Waals surface area (Å²) in [7, 11) is 2.17. The van der Waals surface area contributed by atoms with Crippen LogP contribution in [0.25, 0.3) is 0 Å². The van der Waals surface area contributed by atoms with Crippen LogP contribution in [0.4, 0.5) is 5.69 Å². The van der Waals surface area contributed by atoms with E-state index >= 15 is 0 Å². The number of carbonyl (C=O) groups excluding carboxylic acids is 1. The van der Waals surface area contributed by atoms with Crippen molar-refractivity contribution in [2.75, 3.05) is 44.7 Å². The molecule has 1 amide bonds. The smallest absolute Gasteiger partial charge is 0.251 e. The molecule has 1 fully saturated rings. The van der Waals surface area contributed by atoms with Gasteiger partial charge in [0.1, 0.15) is 0 Å². The minimum Gasteiger partial charge on any atom is -0.369 e. The summed E-state index contributed by atoms with van der Waals surface area (Å²) in [5, 5.41) is 3.08. The molecule has 1 saturated heterocycles. The number of benzene rings is 2. The summed E-state index contributed by atoms with van der Waals surface area (Å²) in [5.41, 5.74) is 6.64. The highest BCUT2D eigenvalue weighted by Crippen LogP contribution is 2.18. The summed E-state index contributed by atoms with van der Waals surface area (Å²) in [4.78, 5) is 17.4. The molecule has 0 unspecified atom stereocenters. The number of nitrogens with zero attached hydrogens (tertiary/aromatic N) is 2. The van der Waals surface area contributed by atoms with Gasteiger partial charge in [0.25, 0.3) is 5.91 Å². The average Bonchev–Trinajstić information content (AvgIpc) is 2.62. The number of rotatable bonds is 5. The van der Waals surface area contributed by atoms with Crippen molar-refractivity contribution < 1.29 is 4.79 Å². The largest absolute Gasteiger partial charge is 0.369 e. The molecule has 1 N–H and O–H groups in total. The summed E-state index contributed by atoms with van der Waals surface area (Å²) in [5.74, 6) is 0.0269. The minimum atomic E-state index is 0.0269. The van der Waals surface area contributed by atoms with Gasteiger partial charge < -0.3 is 15.1 Å². The lowest BCUT2D eigenvalue weighted by molar-refractivity contribution is 0.0953. The number of nitrogens with one attached hydrogen (secondary N) is 1. The van der Waals surface area contributed by atoms with Crippen molar-refractivity contribution in [2.24, 2.45) is 0 Å². The van der Waals surface area contributed by atoms with Gasteiger partial charge in [-0.3, -0.25) is 4.79 Å². The number of anilines is 1. The minimum absolute atomic E-state index is 0.0269. The van der Waals surface area contributed by atoms with Gasteiger partial charge in [-0.15, -0.1) is 0 Å². The van der Waals surface area contributed by atoms with Crippen LogP contribution in [0.2, 0.25) is 0 Å². The summed E-state index contributed by atoms with van der Waals surface area (Å²) in [6, 6.07) is 12.9. The van der Waals surface area contributed by atoms with Crippen LogP contribution in [0.1, 0.15) is 32.6 Å². The molecule has 0 spiro atoms. The molecule has 1 aliphatic heterocycles. The fourth-order valence-corrected chi connectivity index (χ4v) is 3.89. The first kappa shape index (κ1) is 19.4. The van der Waals surface area contributed by atoms with E-state index in [1.807, 2.05) is 13.8 Å². The van der Waals surface area contributed by atoms with E-state index < -0.39 is 0 Å². The molecule has 0 atom stereocenters. The predicted molar refractivity (Wildman–Crippen MR) is 113 cm³/mol. The second-order valence-corrected chi connectivity index (χ2v) is 7.74. The van der Waals surface area contributed by atoms with Crippen LogP contribution in [0.3, 0.4) is 0 Å². The molecular weight excluding hydrogens is 334 g/mol. The van der Waals surface area contributed by atoms with Crippen LogP contribution in [-0.2, 0) is 6.42 Å². The van der Waals surface area contributed by atoms with E-state index in [2.05, 4.69) is 65.5 Å². The maximum absolute atomic E-state index is 12.6. The molecule has 2 aromatic carbocycles. The van der Waals surface area contributed by atoms with Crippen LogP contribution in [-0.4, -0.2) is 50.6 Å². The van der Waals surface area contributed by atoms with Crippen molar-refractivity contribution in [3.8, 4) is 0 Å². The SMILES string of the molecule is Cc1cc(C)c(C(=O)NCCc2ccc(N3CCN(C)CC3)cc2)c(C)c1. The van der Waals surface area contributed by atoms with E-state index in [0.29, 0.717) is 6.54 Å². The van der Waals surface area contributed by atoms with Gasteiger partial charge in [-0.1, -0.05) is 29.8 Å². The highest BCUT2D eigenvalue weighted by molar-refractivity contribution is 5.97. The summed E-state index contributed by atoms with van der Waals surface area (Å²) in [6.45, 7) is 11.1. The number of likely N-dealkylation sites (N-methyl/N-ethyl adjacent to an activating group) is 1. The predicted octanol–water partition coefficient (Wildman–Crippen LogP) is 3.34. The van der Waals surface area contributed by atoms with Gasteiger partial charge in [0, 0.05) is 44.0 Å². The molecule has 0 aliphatic carbocycles. The van der Waals surface area contributed by atoms with Gasteiger partial charge in [-0.2, -0.15) is 0 Å². The molecule has 1 aliphatic rings. The fourth-order valence-electron chi connectivity index (χ4n) is 3.89. The van der Waals surface area contributed by atoms with Crippen molar-refractivity contribution in [1.29, 1.82) is 0 Å². The Labute approximate surface area is 163 Å². The first-order chi connectivity index (χ1) is 12.9. The third kappa shape index (κ3) is 4.89. The second-order valence-electron chi connectivity index (χ2n) is 7.74. The Hall–Kier alpha value is -2.33. The van der Waals surface area contributed by atoms with Crippen LogP contribution in [0, 0.1) is 20.8 Å². The summed E-state index contributed by atoms with van der Waals surface area (Å²) < 4.78 is 0. The Morgan fingerprint density at radius 3 is 2.15 bits per heavy atom. The molecule has 4 heteroatoms. The van der Waals surface area contributed by atoms with E-state index in [1.54, 1.807) is 0 Å². The van der Waals surface area contributed by atoms with Gasteiger partial charge in [-0.25, -0.2) is 0 Å². The van der Waals surface area contributed by atoms with E-state index in [0.717, 1.165) is 49.3 Å². The normalized spacial score (nSPS) is 15.0. The monoisotopic (exact) mass is 365 g/mol. The number of amides is 1. The van der Waals surface area contributed by atoms with Gasteiger partial charge >= 0.3 is 0 Å². The molecule has 2 aromatic rings. The molecule has 1 heterocycles. The molecule has 4 nitrogen and oxygen atoms in total. The van der Waals surface area contributed by atoms with Crippen molar-refractivity contribution in [2.45, 2.75) is 27.2 Å². The Morgan fingerprint density at radius 2 is 1.56 bits per heavy atom. The zero-order valence-electron chi connectivity index (χ0n) is 17.0. The summed E-state index contributed by atoms with van der Waals surface area (Å²) >= 11 is 0. The van der Waals surface area contributed by atoms with Gasteiger partial charge in [0.05, 0.1) is 0 Å².